The third kappa shape index (κ3) is 51.7. The average molecular weight is 931 g/mol. The van der Waals surface area contributed by atoms with Gasteiger partial charge in [0, 0.05) is 12.8 Å². The summed E-state index contributed by atoms with van der Waals surface area (Å²) in [6.45, 7) is 4.90. The first-order valence-electron chi connectivity index (χ1n) is 29.6. The number of amides is 1. The van der Waals surface area contributed by atoms with Crippen LogP contribution in [0.1, 0.15) is 322 Å². The molecule has 0 radical (unpaired) electrons. The summed E-state index contributed by atoms with van der Waals surface area (Å²) < 4.78 is 5.48. The lowest BCUT2D eigenvalue weighted by Gasteiger charge is -2.20. The predicted octanol–water partition coefficient (Wildman–Crippen LogP) is 18.2. The summed E-state index contributed by atoms with van der Waals surface area (Å²) in [5.41, 5.74) is 0. The summed E-state index contributed by atoms with van der Waals surface area (Å²) in [5.74, 6) is -0.0689. The summed E-state index contributed by atoms with van der Waals surface area (Å²) in [6.07, 6.45) is 67.7. The third-order valence-corrected chi connectivity index (χ3v) is 13.7. The third-order valence-electron chi connectivity index (χ3n) is 13.7. The van der Waals surface area contributed by atoms with E-state index in [1.54, 1.807) is 6.08 Å². The highest BCUT2D eigenvalue weighted by atomic mass is 16.5. The van der Waals surface area contributed by atoms with Crippen LogP contribution in [-0.4, -0.2) is 47.4 Å². The van der Waals surface area contributed by atoms with E-state index in [1.165, 1.54) is 250 Å². The number of allylic oxidation sites excluding steroid dienone is 3. The van der Waals surface area contributed by atoms with Gasteiger partial charge < -0.3 is 20.3 Å². The molecule has 0 saturated heterocycles. The van der Waals surface area contributed by atoms with Gasteiger partial charge in [-0.1, -0.05) is 276 Å². The standard InChI is InChI=1S/C60H115NO5/c1-3-5-7-9-11-13-15-17-19-26-30-34-38-42-46-50-54-60(65)66-55-51-47-43-39-35-31-27-24-22-20-21-23-25-29-33-37-41-45-49-53-59(64)61-57(56-62)58(63)52-48-44-40-36-32-28-18-16-14-12-10-8-6-4-2/h19,26,48,52,57-58,62-63H,3-18,20-25,27-47,49-51,53-56H2,1-2H3,(H,61,64)/b26-19-,52-48+. The van der Waals surface area contributed by atoms with Gasteiger partial charge in [0.2, 0.25) is 5.91 Å². The molecule has 0 aliphatic carbocycles. The van der Waals surface area contributed by atoms with E-state index in [0.29, 0.717) is 19.4 Å². The fourth-order valence-electron chi connectivity index (χ4n) is 9.16. The molecule has 6 nitrogen and oxygen atoms in total. The van der Waals surface area contributed by atoms with E-state index in [1.807, 2.05) is 6.08 Å². The van der Waals surface area contributed by atoms with Gasteiger partial charge in [-0.05, 0) is 57.8 Å². The Balaban J connectivity index is 3.41. The van der Waals surface area contributed by atoms with Crippen molar-refractivity contribution in [1.82, 2.24) is 5.32 Å². The maximum absolute atomic E-state index is 12.4. The molecule has 6 heteroatoms. The van der Waals surface area contributed by atoms with Crippen molar-refractivity contribution in [3.8, 4) is 0 Å². The Morgan fingerprint density at radius 1 is 0.409 bits per heavy atom. The number of unbranched alkanes of at least 4 members (excludes halogenated alkanes) is 42. The van der Waals surface area contributed by atoms with Gasteiger partial charge in [0.05, 0.1) is 25.4 Å². The van der Waals surface area contributed by atoms with Crippen LogP contribution in [0.2, 0.25) is 0 Å². The molecular formula is C60H115NO5. The molecule has 0 aliphatic heterocycles. The molecular weight excluding hydrogens is 815 g/mol. The zero-order valence-corrected chi connectivity index (χ0v) is 44.4. The minimum absolute atomic E-state index is 0.00110. The Labute approximate surface area is 411 Å². The maximum Gasteiger partial charge on any atom is 0.305 e. The number of aliphatic hydroxyl groups excluding tert-OH is 2. The molecule has 66 heavy (non-hydrogen) atoms. The first-order chi connectivity index (χ1) is 32.5. The van der Waals surface area contributed by atoms with Crippen molar-refractivity contribution in [3.63, 3.8) is 0 Å². The number of ether oxygens (including phenoxy) is 1. The lowest BCUT2D eigenvalue weighted by Crippen LogP contribution is -2.45. The fraction of sp³-hybridized carbons (Fsp3) is 0.900. The van der Waals surface area contributed by atoms with Crippen LogP contribution in [0.15, 0.2) is 24.3 Å². The topological polar surface area (TPSA) is 95.9 Å². The summed E-state index contributed by atoms with van der Waals surface area (Å²) >= 11 is 0. The summed E-state index contributed by atoms with van der Waals surface area (Å²) in [7, 11) is 0. The second-order valence-electron chi connectivity index (χ2n) is 20.3. The molecule has 0 aromatic rings. The van der Waals surface area contributed by atoms with E-state index in [-0.39, 0.29) is 18.5 Å². The van der Waals surface area contributed by atoms with Crippen molar-refractivity contribution in [2.75, 3.05) is 13.2 Å². The van der Waals surface area contributed by atoms with Gasteiger partial charge in [0.25, 0.3) is 0 Å². The average Bonchev–Trinajstić information content (AvgIpc) is 3.32. The second kappa shape index (κ2) is 55.9. The molecule has 0 spiro atoms. The van der Waals surface area contributed by atoms with Crippen molar-refractivity contribution in [2.45, 2.75) is 334 Å². The Kier molecular flexibility index (Phi) is 54.5. The van der Waals surface area contributed by atoms with E-state index in [0.717, 1.165) is 44.9 Å². The van der Waals surface area contributed by atoms with Crippen LogP contribution >= 0.6 is 0 Å². The lowest BCUT2D eigenvalue weighted by atomic mass is 10.0. The molecule has 0 heterocycles. The van der Waals surface area contributed by atoms with Crippen LogP contribution in [0.4, 0.5) is 0 Å². The molecule has 0 aliphatic rings. The number of carbonyl (C=O) groups excluding carboxylic acids is 2. The molecule has 2 unspecified atom stereocenters. The van der Waals surface area contributed by atoms with E-state index in [4.69, 9.17) is 4.74 Å². The van der Waals surface area contributed by atoms with E-state index in [2.05, 4.69) is 31.3 Å². The molecule has 1 amide bonds. The highest BCUT2D eigenvalue weighted by molar-refractivity contribution is 5.76. The molecule has 0 bridgehead atoms. The van der Waals surface area contributed by atoms with Crippen LogP contribution in [0.3, 0.4) is 0 Å². The molecule has 0 aromatic carbocycles. The van der Waals surface area contributed by atoms with Gasteiger partial charge in [-0.15, -0.1) is 0 Å². The SMILES string of the molecule is CCCCCCCCC/C=C\CCCCCCCC(=O)OCCCCCCCCCCCCCCCCCCCCCC(=O)NC(CO)C(O)/C=C/CCCCCCCCCCCCCC. The van der Waals surface area contributed by atoms with Crippen molar-refractivity contribution < 1.29 is 24.5 Å². The number of esters is 1. The largest absolute Gasteiger partial charge is 0.466 e. The van der Waals surface area contributed by atoms with Gasteiger partial charge in [0.1, 0.15) is 0 Å². The Bertz CT molecular complexity index is 1030. The second-order valence-corrected chi connectivity index (χ2v) is 20.3. The van der Waals surface area contributed by atoms with Gasteiger partial charge >= 0.3 is 5.97 Å². The summed E-state index contributed by atoms with van der Waals surface area (Å²) in [4.78, 5) is 24.5. The van der Waals surface area contributed by atoms with Gasteiger partial charge in [-0.3, -0.25) is 9.59 Å². The monoisotopic (exact) mass is 930 g/mol. The number of aliphatic hydroxyl groups is 2. The molecule has 2 atom stereocenters. The smallest absolute Gasteiger partial charge is 0.305 e. The molecule has 0 fully saturated rings. The molecule has 3 N–H and O–H groups in total. The minimum atomic E-state index is -0.846. The van der Waals surface area contributed by atoms with Crippen molar-refractivity contribution >= 4 is 11.9 Å². The summed E-state index contributed by atoms with van der Waals surface area (Å²) in [6, 6.07) is -0.629. The zero-order chi connectivity index (χ0) is 47.9. The molecule has 0 saturated carbocycles. The lowest BCUT2D eigenvalue weighted by molar-refractivity contribution is -0.143. The molecule has 0 rings (SSSR count). The maximum atomic E-state index is 12.4. The van der Waals surface area contributed by atoms with Gasteiger partial charge in [-0.2, -0.15) is 0 Å². The highest BCUT2D eigenvalue weighted by Gasteiger charge is 2.18. The van der Waals surface area contributed by atoms with Crippen LogP contribution in [0, 0.1) is 0 Å². The van der Waals surface area contributed by atoms with Crippen LogP contribution in [-0.2, 0) is 14.3 Å². The number of rotatable bonds is 55. The minimum Gasteiger partial charge on any atom is -0.466 e. The van der Waals surface area contributed by atoms with E-state index < -0.39 is 12.1 Å². The number of nitrogens with one attached hydrogen (secondary N) is 1. The van der Waals surface area contributed by atoms with Crippen molar-refractivity contribution in [2.24, 2.45) is 0 Å². The fourth-order valence-corrected chi connectivity index (χ4v) is 9.16. The number of carbonyl (C=O) groups is 2. The Morgan fingerprint density at radius 3 is 1.08 bits per heavy atom. The Hall–Kier alpha value is -1.66. The van der Waals surface area contributed by atoms with Crippen LogP contribution in [0.25, 0.3) is 0 Å². The number of hydrogen-bond acceptors (Lipinski definition) is 5. The van der Waals surface area contributed by atoms with E-state index in [9.17, 15) is 19.8 Å². The zero-order valence-electron chi connectivity index (χ0n) is 44.4. The predicted molar refractivity (Wildman–Crippen MR) is 287 cm³/mol. The quantitative estimate of drug-likeness (QED) is 0.0321. The summed E-state index contributed by atoms with van der Waals surface area (Å²) in [5, 5.41) is 23.1. The van der Waals surface area contributed by atoms with Gasteiger partial charge in [-0.25, -0.2) is 0 Å². The Morgan fingerprint density at radius 2 is 0.712 bits per heavy atom. The normalized spacial score (nSPS) is 12.7. The van der Waals surface area contributed by atoms with Crippen molar-refractivity contribution in [1.29, 1.82) is 0 Å². The van der Waals surface area contributed by atoms with Crippen LogP contribution < -0.4 is 5.32 Å². The first kappa shape index (κ1) is 64.3. The highest BCUT2D eigenvalue weighted by Crippen LogP contribution is 2.17. The van der Waals surface area contributed by atoms with Crippen LogP contribution in [0.5, 0.6) is 0 Å². The number of hydrogen-bond donors (Lipinski definition) is 3. The first-order valence-corrected chi connectivity index (χ1v) is 29.6. The molecule has 0 aromatic heterocycles. The molecule has 390 valence electrons. The van der Waals surface area contributed by atoms with E-state index >= 15 is 0 Å². The van der Waals surface area contributed by atoms with Gasteiger partial charge in [0.15, 0.2) is 0 Å². The van der Waals surface area contributed by atoms with Crippen molar-refractivity contribution in [3.05, 3.63) is 24.3 Å².